The van der Waals surface area contributed by atoms with Gasteiger partial charge in [-0.25, -0.2) is 0 Å². The fourth-order valence-corrected chi connectivity index (χ4v) is 7.40. The van der Waals surface area contributed by atoms with Crippen molar-refractivity contribution in [3.63, 3.8) is 0 Å². The molecule has 0 heterocycles. The molecule has 80 valence electrons. The van der Waals surface area contributed by atoms with Crippen LogP contribution in [0.1, 0.15) is 0 Å². The Hall–Kier alpha value is -0.340. The van der Waals surface area contributed by atoms with Crippen LogP contribution in [0.15, 0.2) is 70.5 Å². The molecule has 0 saturated carbocycles. The molecule has 2 aromatic rings. The quantitative estimate of drug-likeness (QED) is 0.694. The monoisotopic (exact) mass is 281 g/mol. The molecule has 16 heavy (non-hydrogen) atoms. The fraction of sp³-hybridized carbons (Fsp3) is 0. The highest BCUT2D eigenvalue weighted by Gasteiger charge is 2.16. The highest BCUT2D eigenvalue weighted by Crippen LogP contribution is 2.57. The number of hydrogen-bond acceptors (Lipinski definition) is 3. The van der Waals surface area contributed by atoms with Crippen LogP contribution in [-0.2, 0) is 11.8 Å². The zero-order valence-electron chi connectivity index (χ0n) is 8.45. The summed E-state index contributed by atoms with van der Waals surface area (Å²) in [6, 6.07) is 20.7. The molecule has 0 amide bonds. The molecule has 0 aliphatic rings. The summed E-state index contributed by atoms with van der Waals surface area (Å²) >= 11 is 9.05. The number of hydrogen-bond donors (Lipinski definition) is 0. The van der Waals surface area contributed by atoms with Crippen molar-refractivity contribution in [2.24, 2.45) is 0 Å². The van der Waals surface area contributed by atoms with E-state index < -0.39 is 5.10 Å². The van der Waals surface area contributed by atoms with Crippen LogP contribution in [0, 0.1) is 0 Å². The lowest BCUT2D eigenvalue weighted by molar-refractivity contribution is 1.48. The fourth-order valence-electron chi connectivity index (χ4n) is 1.15. The van der Waals surface area contributed by atoms with Crippen LogP contribution in [0.3, 0.4) is 0 Å². The van der Waals surface area contributed by atoms with Crippen molar-refractivity contribution >= 4 is 39.7 Å². The van der Waals surface area contributed by atoms with Crippen molar-refractivity contribution in [3.05, 3.63) is 60.7 Å². The Morgan fingerprint density at radius 1 is 0.688 bits per heavy atom. The Kier molecular flexibility index (Phi) is 4.86. The topological polar surface area (TPSA) is 0 Å². The Morgan fingerprint density at radius 2 is 1.06 bits per heavy atom. The van der Waals surface area contributed by atoms with Crippen LogP contribution < -0.4 is 0 Å². The summed E-state index contributed by atoms with van der Waals surface area (Å²) in [7, 11) is 0. The van der Waals surface area contributed by atoms with E-state index in [-0.39, 0.29) is 0 Å². The van der Waals surface area contributed by atoms with Gasteiger partial charge in [0.15, 0.2) is 11.8 Å². The van der Waals surface area contributed by atoms with Gasteiger partial charge in [0, 0.05) is 0 Å². The third-order valence-corrected chi connectivity index (χ3v) is 7.95. The molecule has 0 bridgehead atoms. The molecule has 0 nitrogen and oxygen atoms in total. The number of rotatable bonds is 4. The lowest BCUT2D eigenvalue weighted by Crippen LogP contribution is -1.65. The molecule has 4 heteroatoms. The smallest absolute Gasteiger partial charge is 0.0622 e. The van der Waals surface area contributed by atoms with Crippen LogP contribution >= 0.6 is 27.9 Å². The average molecular weight is 281 g/mol. The summed E-state index contributed by atoms with van der Waals surface area (Å²) in [6.45, 7) is 0. The van der Waals surface area contributed by atoms with E-state index >= 15 is 0 Å². The Labute approximate surface area is 110 Å². The molecular weight excluding hydrogens is 271 g/mol. The largest absolute Gasteiger partial charge is 0.327 e. The lowest BCUT2D eigenvalue weighted by atomic mass is 10.4. The lowest BCUT2D eigenvalue weighted by Gasteiger charge is -1.92. The first-order valence-corrected chi connectivity index (χ1v) is 9.98. The third kappa shape index (κ3) is 3.91. The third-order valence-electron chi connectivity index (χ3n) is 1.85. The number of benzene rings is 2. The minimum Gasteiger partial charge on any atom is -0.0622 e. The molecule has 0 aromatic heterocycles. The normalized spacial score (nSPS) is 10.0. The van der Waals surface area contributed by atoms with Gasteiger partial charge >= 0.3 is 5.10 Å². The van der Waals surface area contributed by atoms with Gasteiger partial charge in [-0.3, -0.25) is 0 Å². The molecule has 0 atom stereocenters. The molecule has 0 spiro atoms. The molecule has 0 aliphatic carbocycles. The van der Waals surface area contributed by atoms with Gasteiger partial charge in [-0.2, -0.15) is 0 Å². The van der Waals surface area contributed by atoms with E-state index in [0.29, 0.717) is 0 Å². The standard InChI is InChI=1S/C12H10PS3/c14-13(15-11-7-3-1-4-8-11)16-12-9-5-2-6-10-12/h1-10H/q+1. The maximum atomic E-state index is 5.49. The molecule has 2 aromatic carbocycles. The van der Waals surface area contributed by atoms with Gasteiger partial charge < -0.3 is 0 Å². The molecular formula is C12H10PS3+. The highest BCUT2D eigenvalue weighted by atomic mass is 33.2. The van der Waals surface area contributed by atoms with Crippen molar-refractivity contribution in [3.8, 4) is 0 Å². The molecule has 0 fully saturated rings. The second-order valence-electron chi connectivity index (χ2n) is 3.03. The molecule has 0 saturated heterocycles. The van der Waals surface area contributed by atoms with Crippen LogP contribution in [0.2, 0.25) is 0 Å². The first-order chi connectivity index (χ1) is 7.84. The average Bonchev–Trinajstić information content (AvgIpc) is 2.31. The van der Waals surface area contributed by atoms with E-state index in [2.05, 4.69) is 24.3 Å². The van der Waals surface area contributed by atoms with Gasteiger partial charge in [-0.05, 0) is 24.3 Å². The highest BCUT2D eigenvalue weighted by molar-refractivity contribution is 8.94. The van der Waals surface area contributed by atoms with Gasteiger partial charge in [0.05, 0.1) is 9.79 Å². The van der Waals surface area contributed by atoms with Crippen molar-refractivity contribution in [1.29, 1.82) is 0 Å². The predicted molar refractivity (Wildman–Crippen MR) is 78.9 cm³/mol. The van der Waals surface area contributed by atoms with Crippen molar-refractivity contribution in [2.75, 3.05) is 0 Å². The summed E-state index contributed by atoms with van der Waals surface area (Å²) < 4.78 is 0. The van der Waals surface area contributed by atoms with Gasteiger partial charge in [-0.15, -0.1) is 0 Å². The first-order valence-electron chi connectivity index (χ1n) is 4.78. The molecule has 2 rings (SSSR count). The van der Waals surface area contributed by atoms with Crippen LogP contribution in [0.25, 0.3) is 0 Å². The minimum atomic E-state index is -0.516. The second-order valence-corrected chi connectivity index (χ2v) is 11.2. The predicted octanol–water partition coefficient (Wildman–Crippen LogP) is 5.34. The second kappa shape index (κ2) is 6.41. The maximum absolute atomic E-state index is 5.49. The van der Waals surface area contributed by atoms with E-state index in [4.69, 9.17) is 11.8 Å². The summed E-state index contributed by atoms with van der Waals surface area (Å²) in [4.78, 5) is 2.51. The summed E-state index contributed by atoms with van der Waals surface area (Å²) in [5, 5.41) is -0.516. The van der Waals surface area contributed by atoms with E-state index in [1.54, 1.807) is 22.8 Å². The SMILES string of the molecule is S=[P+](Sc1ccccc1)Sc1ccccc1. The Bertz CT molecular complexity index is 413. The van der Waals surface area contributed by atoms with Gasteiger partial charge in [0.25, 0.3) is 0 Å². The van der Waals surface area contributed by atoms with Crippen molar-refractivity contribution in [1.82, 2.24) is 0 Å². The van der Waals surface area contributed by atoms with E-state index in [0.717, 1.165) is 0 Å². The summed E-state index contributed by atoms with van der Waals surface area (Å²) in [5.41, 5.74) is 0. The van der Waals surface area contributed by atoms with Crippen LogP contribution in [0.5, 0.6) is 0 Å². The Balaban J connectivity index is 1.95. The van der Waals surface area contributed by atoms with Crippen LogP contribution in [0.4, 0.5) is 0 Å². The van der Waals surface area contributed by atoms with E-state index in [1.165, 1.54) is 9.79 Å². The molecule has 0 N–H and O–H groups in total. The minimum absolute atomic E-state index is 0.516. The van der Waals surface area contributed by atoms with Gasteiger partial charge in [-0.1, -0.05) is 36.4 Å². The van der Waals surface area contributed by atoms with Gasteiger partial charge in [0.2, 0.25) is 0 Å². The van der Waals surface area contributed by atoms with Crippen molar-refractivity contribution in [2.45, 2.75) is 9.79 Å². The molecule has 0 unspecified atom stereocenters. The van der Waals surface area contributed by atoms with Gasteiger partial charge in [0.1, 0.15) is 22.8 Å². The van der Waals surface area contributed by atoms with E-state index in [9.17, 15) is 0 Å². The first kappa shape index (κ1) is 12.1. The van der Waals surface area contributed by atoms with E-state index in [1.807, 2.05) is 36.4 Å². The zero-order chi connectivity index (χ0) is 11.2. The summed E-state index contributed by atoms with van der Waals surface area (Å²) in [5.74, 6) is 0. The van der Waals surface area contributed by atoms with Crippen molar-refractivity contribution < 1.29 is 0 Å². The maximum Gasteiger partial charge on any atom is 0.327 e. The molecule has 0 aliphatic heterocycles. The Morgan fingerprint density at radius 3 is 1.44 bits per heavy atom. The van der Waals surface area contributed by atoms with Crippen LogP contribution in [-0.4, -0.2) is 0 Å². The molecule has 0 radical (unpaired) electrons. The zero-order valence-corrected chi connectivity index (χ0v) is 11.8. The summed E-state index contributed by atoms with van der Waals surface area (Å²) in [6.07, 6.45) is 0.